The molecule has 4 aliphatic carbocycles. The van der Waals surface area contributed by atoms with Gasteiger partial charge in [0.2, 0.25) is 5.91 Å². The zero-order valence-electron chi connectivity index (χ0n) is 21.9. The van der Waals surface area contributed by atoms with Gasteiger partial charge in [-0.1, -0.05) is 39.3 Å². The van der Waals surface area contributed by atoms with Crippen LogP contribution in [0.4, 0.5) is 0 Å². The van der Waals surface area contributed by atoms with Crippen LogP contribution in [0.3, 0.4) is 0 Å². The summed E-state index contributed by atoms with van der Waals surface area (Å²) < 4.78 is 0. The second kappa shape index (κ2) is 9.52. The van der Waals surface area contributed by atoms with Gasteiger partial charge in [-0.3, -0.25) is 14.4 Å². The molecule has 3 fully saturated rings. The van der Waals surface area contributed by atoms with Crippen molar-refractivity contribution in [1.29, 1.82) is 0 Å². The fourth-order valence-electron chi connectivity index (χ4n) is 8.54. The maximum atomic E-state index is 13.4. The van der Waals surface area contributed by atoms with Crippen LogP contribution in [0, 0.1) is 46.3 Å². The molecule has 5 heteroatoms. The Balaban J connectivity index is 1.46. The Kier molecular flexibility index (Phi) is 7.17. The highest BCUT2D eigenvalue weighted by molar-refractivity contribution is 5.92. The van der Waals surface area contributed by atoms with Gasteiger partial charge < -0.3 is 10.4 Å². The number of carbonyl (C=O) groups is 3. The quantitative estimate of drug-likeness (QED) is 0.519. The molecule has 34 heavy (non-hydrogen) atoms. The Morgan fingerprint density at radius 2 is 1.88 bits per heavy atom. The summed E-state index contributed by atoms with van der Waals surface area (Å²) in [5.74, 6) is 1.78. The lowest BCUT2D eigenvalue weighted by Crippen LogP contribution is -2.51. The number of aliphatic hydroxyl groups is 1. The van der Waals surface area contributed by atoms with Crippen LogP contribution < -0.4 is 5.32 Å². The van der Waals surface area contributed by atoms with E-state index in [0.29, 0.717) is 42.9 Å². The number of aliphatic hydroxyl groups excluding tert-OH is 1. The van der Waals surface area contributed by atoms with Crippen LogP contribution in [-0.4, -0.2) is 35.2 Å². The minimum absolute atomic E-state index is 0.0411. The van der Waals surface area contributed by atoms with Gasteiger partial charge in [-0.05, 0) is 79.4 Å². The standard InChI is InChI=1S/C29H45NO4/c1-17(16-30-19(3)31)6-9-25(33)18(2)27-26(34)15-24-22-8-7-20-14-21(32)10-12-28(20,4)23(22)11-13-29(24,27)5/h7,17-18,21-24,27,32H,6,8-16H2,1-5H3,(H,30,31). The summed E-state index contributed by atoms with van der Waals surface area (Å²) in [6, 6.07) is 0. The molecule has 0 saturated heterocycles. The number of carbonyl (C=O) groups excluding carboxylic acids is 3. The number of ketones is 2. The van der Waals surface area contributed by atoms with E-state index < -0.39 is 0 Å². The van der Waals surface area contributed by atoms with Gasteiger partial charge in [-0.15, -0.1) is 0 Å². The summed E-state index contributed by atoms with van der Waals surface area (Å²) in [7, 11) is 0. The minimum atomic E-state index is -0.234. The van der Waals surface area contributed by atoms with Crippen molar-refractivity contribution in [3.8, 4) is 0 Å². The minimum Gasteiger partial charge on any atom is -0.393 e. The van der Waals surface area contributed by atoms with Crippen LogP contribution in [-0.2, 0) is 14.4 Å². The molecular formula is C29H45NO4. The van der Waals surface area contributed by atoms with Crippen LogP contribution in [0.5, 0.6) is 0 Å². The third kappa shape index (κ3) is 4.42. The van der Waals surface area contributed by atoms with E-state index >= 15 is 0 Å². The molecule has 1 amide bonds. The number of hydrogen-bond donors (Lipinski definition) is 2. The predicted octanol–water partition coefficient (Wildman–Crippen LogP) is 4.86. The van der Waals surface area contributed by atoms with E-state index in [2.05, 4.69) is 32.2 Å². The van der Waals surface area contributed by atoms with E-state index in [-0.39, 0.29) is 46.4 Å². The molecule has 0 heterocycles. The van der Waals surface area contributed by atoms with E-state index in [9.17, 15) is 19.5 Å². The largest absolute Gasteiger partial charge is 0.393 e. The highest BCUT2D eigenvalue weighted by Gasteiger charge is 2.62. The van der Waals surface area contributed by atoms with Crippen molar-refractivity contribution in [1.82, 2.24) is 5.32 Å². The van der Waals surface area contributed by atoms with Gasteiger partial charge in [0.1, 0.15) is 11.6 Å². The number of hydrogen-bond acceptors (Lipinski definition) is 4. The summed E-state index contributed by atoms with van der Waals surface area (Å²) in [5.41, 5.74) is 1.52. The topological polar surface area (TPSA) is 83.5 Å². The Morgan fingerprint density at radius 1 is 1.15 bits per heavy atom. The maximum absolute atomic E-state index is 13.4. The molecular weight excluding hydrogens is 426 g/mol. The first-order valence-corrected chi connectivity index (χ1v) is 13.6. The van der Waals surface area contributed by atoms with Crippen LogP contribution in [0.25, 0.3) is 0 Å². The van der Waals surface area contributed by atoms with Crippen LogP contribution >= 0.6 is 0 Å². The Labute approximate surface area is 205 Å². The molecule has 2 N–H and O–H groups in total. The first kappa shape index (κ1) is 25.6. The van der Waals surface area contributed by atoms with Gasteiger partial charge in [-0.2, -0.15) is 0 Å². The third-order valence-corrected chi connectivity index (χ3v) is 10.6. The molecule has 0 spiro atoms. The van der Waals surface area contributed by atoms with Gasteiger partial charge in [0.25, 0.3) is 0 Å². The van der Waals surface area contributed by atoms with E-state index in [1.165, 1.54) is 12.5 Å². The molecule has 0 bridgehead atoms. The third-order valence-electron chi connectivity index (χ3n) is 10.6. The second-order valence-electron chi connectivity index (χ2n) is 12.7. The van der Waals surface area contributed by atoms with Gasteiger partial charge in [0.15, 0.2) is 0 Å². The second-order valence-corrected chi connectivity index (χ2v) is 12.7. The number of fused-ring (bicyclic) bond motifs is 5. The maximum Gasteiger partial charge on any atom is 0.216 e. The van der Waals surface area contributed by atoms with Crippen molar-refractivity contribution in [3.05, 3.63) is 11.6 Å². The molecule has 0 aliphatic heterocycles. The first-order valence-electron chi connectivity index (χ1n) is 13.6. The summed E-state index contributed by atoms with van der Waals surface area (Å²) in [6.07, 6.45) is 9.96. The Hall–Kier alpha value is -1.49. The molecule has 9 unspecified atom stereocenters. The predicted molar refractivity (Wildman–Crippen MR) is 133 cm³/mol. The monoisotopic (exact) mass is 471 g/mol. The normalized spacial score (nSPS) is 40.9. The van der Waals surface area contributed by atoms with E-state index in [0.717, 1.165) is 44.9 Å². The van der Waals surface area contributed by atoms with Gasteiger partial charge in [0.05, 0.1) is 6.10 Å². The van der Waals surface area contributed by atoms with Crippen molar-refractivity contribution in [3.63, 3.8) is 0 Å². The Morgan fingerprint density at radius 3 is 2.59 bits per heavy atom. The Bertz CT molecular complexity index is 864. The molecule has 3 saturated carbocycles. The zero-order valence-corrected chi connectivity index (χ0v) is 21.9. The number of rotatable bonds is 7. The number of Topliss-reactive ketones (excluding diaryl/α,β-unsaturated/α-hetero) is 2. The number of nitrogens with one attached hydrogen (secondary N) is 1. The van der Waals surface area contributed by atoms with Crippen LogP contribution in [0.1, 0.15) is 92.4 Å². The van der Waals surface area contributed by atoms with E-state index in [1.54, 1.807) is 0 Å². The molecule has 5 nitrogen and oxygen atoms in total. The molecule has 4 rings (SSSR count). The van der Waals surface area contributed by atoms with Gasteiger partial charge >= 0.3 is 0 Å². The summed E-state index contributed by atoms with van der Waals surface area (Å²) in [4.78, 5) is 37.8. The smallest absolute Gasteiger partial charge is 0.216 e. The molecule has 0 aromatic carbocycles. The van der Waals surface area contributed by atoms with Gasteiger partial charge in [0, 0.05) is 38.1 Å². The highest BCUT2D eigenvalue weighted by atomic mass is 16.3. The highest BCUT2D eigenvalue weighted by Crippen LogP contribution is 2.66. The van der Waals surface area contributed by atoms with Crippen molar-refractivity contribution in [2.24, 2.45) is 46.3 Å². The van der Waals surface area contributed by atoms with Crippen molar-refractivity contribution >= 4 is 17.5 Å². The van der Waals surface area contributed by atoms with Crippen LogP contribution in [0.15, 0.2) is 11.6 Å². The lowest BCUT2D eigenvalue weighted by molar-refractivity contribution is -0.134. The molecule has 0 radical (unpaired) electrons. The SMILES string of the molecule is CC(=O)NCC(C)CCC(=O)C(C)C1C(=O)CC2C3CC=C4CC(O)CCC4(C)C3CCC21C. The number of amides is 1. The lowest BCUT2D eigenvalue weighted by atomic mass is 9.47. The fourth-order valence-corrected chi connectivity index (χ4v) is 8.54. The van der Waals surface area contributed by atoms with Gasteiger partial charge in [-0.25, -0.2) is 0 Å². The first-order chi connectivity index (χ1) is 16.0. The average Bonchev–Trinajstić information content (AvgIpc) is 3.05. The molecule has 9 atom stereocenters. The summed E-state index contributed by atoms with van der Waals surface area (Å²) in [6.45, 7) is 10.9. The van der Waals surface area contributed by atoms with Crippen LogP contribution in [0.2, 0.25) is 0 Å². The van der Waals surface area contributed by atoms with Crippen molar-refractivity contribution < 1.29 is 19.5 Å². The van der Waals surface area contributed by atoms with Crippen molar-refractivity contribution in [2.75, 3.05) is 6.54 Å². The lowest BCUT2D eigenvalue weighted by Gasteiger charge is -2.58. The number of allylic oxidation sites excluding steroid dienone is 1. The summed E-state index contributed by atoms with van der Waals surface area (Å²) in [5, 5.41) is 13.1. The van der Waals surface area contributed by atoms with E-state index in [4.69, 9.17) is 0 Å². The molecule has 4 aliphatic rings. The molecule has 0 aromatic heterocycles. The van der Waals surface area contributed by atoms with E-state index in [1.807, 2.05) is 6.92 Å². The molecule has 190 valence electrons. The van der Waals surface area contributed by atoms with Crippen molar-refractivity contribution in [2.45, 2.75) is 98.5 Å². The fraction of sp³-hybridized carbons (Fsp3) is 0.828. The molecule has 0 aromatic rings. The zero-order chi connectivity index (χ0) is 24.8. The summed E-state index contributed by atoms with van der Waals surface area (Å²) >= 11 is 0. The average molecular weight is 472 g/mol.